The van der Waals surface area contributed by atoms with Crippen molar-refractivity contribution in [3.8, 4) is 0 Å². The molecule has 0 atom stereocenters. The quantitative estimate of drug-likeness (QED) is 0.670. The van der Waals surface area contributed by atoms with Crippen molar-refractivity contribution in [3.05, 3.63) is 51.4 Å². The Hall–Kier alpha value is -1.99. The van der Waals surface area contributed by atoms with Crippen LogP contribution in [0.1, 0.15) is 9.67 Å². The van der Waals surface area contributed by atoms with Crippen LogP contribution in [-0.4, -0.2) is 29.0 Å². The van der Waals surface area contributed by atoms with Crippen LogP contribution in [-0.2, 0) is 0 Å². The number of nitrogens with zero attached hydrogens (tertiary/aromatic N) is 2. The molecule has 7 heteroatoms. The van der Waals surface area contributed by atoms with Crippen LogP contribution < -0.4 is 10.6 Å². The van der Waals surface area contributed by atoms with E-state index in [1.807, 2.05) is 29.6 Å². The molecule has 22 heavy (non-hydrogen) atoms. The van der Waals surface area contributed by atoms with E-state index in [9.17, 15) is 4.79 Å². The number of carbonyl (C=O) groups is 1. The molecule has 1 amide bonds. The second kappa shape index (κ2) is 6.85. The van der Waals surface area contributed by atoms with Gasteiger partial charge >= 0.3 is 0 Å². The number of hydrogen-bond acceptors (Lipinski definition) is 5. The fourth-order valence-electron chi connectivity index (χ4n) is 2.02. The maximum atomic E-state index is 11.8. The van der Waals surface area contributed by atoms with Gasteiger partial charge in [0.25, 0.3) is 5.91 Å². The Morgan fingerprint density at radius 2 is 2.18 bits per heavy atom. The van der Waals surface area contributed by atoms with Crippen molar-refractivity contribution in [2.75, 3.05) is 18.4 Å². The lowest BCUT2D eigenvalue weighted by Gasteiger charge is -2.09. The number of aromatic nitrogens is 2. The Morgan fingerprint density at radius 3 is 3.00 bits per heavy atom. The third kappa shape index (κ3) is 3.42. The van der Waals surface area contributed by atoms with Crippen LogP contribution in [0.3, 0.4) is 0 Å². The zero-order chi connectivity index (χ0) is 15.4. The SMILES string of the molecule is O=C(NCCNc1ccnc2cc(Br)cnc12)c1cccs1. The van der Waals surface area contributed by atoms with Gasteiger partial charge in [0.1, 0.15) is 5.52 Å². The molecule has 0 unspecified atom stereocenters. The Labute approximate surface area is 139 Å². The number of fused-ring (bicyclic) bond motifs is 1. The number of anilines is 1. The first-order valence-corrected chi connectivity index (χ1v) is 8.37. The molecule has 3 aromatic rings. The molecule has 0 aliphatic rings. The number of rotatable bonds is 5. The summed E-state index contributed by atoms with van der Waals surface area (Å²) in [7, 11) is 0. The van der Waals surface area contributed by atoms with E-state index in [1.165, 1.54) is 11.3 Å². The first kappa shape index (κ1) is 14.9. The van der Waals surface area contributed by atoms with Gasteiger partial charge in [0, 0.05) is 30.0 Å². The van der Waals surface area contributed by atoms with Crippen LogP contribution in [0.4, 0.5) is 5.69 Å². The highest BCUT2D eigenvalue weighted by Crippen LogP contribution is 2.21. The third-order valence-corrected chi connectivity index (χ3v) is 4.32. The molecular weight excluding hydrogens is 364 g/mol. The van der Waals surface area contributed by atoms with E-state index in [1.54, 1.807) is 12.4 Å². The van der Waals surface area contributed by atoms with Crippen molar-refractivity contribution in [1.29, 1.82) is 0 Å². The van der Waals surface area contributed by atoms with Crippen molar-refractivity contribution in [2.24, 2.45) is 0 Å². The second-order valence-electron chi connectivity index (χ2n) is 4.54. The van der Waals surface area contributed by atoms with Gasteiger partial charge in [-0.05, 0) is 39.5 Å². The summed E-state index contributed by atoms with van der Waals surface area (Å²) < 4.78 is 0.896. The van der Waals surface area contributed by atoms with Crippen molar-refractivity contribution < 1.29 is 4.79 Å². The molecule has 0 fully saturated rings. The van der Waals surface area contributed by atoms with Gasteiger partial charge in [-0.25, -0.2) is 0 Å². The predicted molar refractivity (Wildman–Crippen MR) is 92.4 cm³/mol. The van der Waals surface area contributed by atoms with Gasteiger partial charge in [-0.15, -0.1) is 11.3 Å². The Kier molecular flexibility index (Phi) is 4.65. The van der Waals surface area contributed by atoms with Gasteiger partial charge in [-0.2, -0.15) is 0 Å². The van der Waals surface area contributed by atoms with E-state index in [2.05, 4.69) is 36.5 Å². The average molecular weight is 377 g/mol. The van der Waals surface area contributed by atoms with E-state index in [0.29, 0.717) is 13.1 Å². The van der Waals surface area contributed by atoms with Crippen molar-refractivity contribution in [1.82, 2.24) is 15.3 Å². The highest BCUT2D eigenvalue weighted by Gasteiger charge is 2.06. The second-order valence-corrected chi connectivity index (χ2v) is 6.40. The van der Waals surface area contributed by atoms with E-state index < -0.39 is 0 Å². The Morgan fingerprint density at radius 1 is 1.27 bits per heavy atom. The van der Waals surface area contributed by atoms with E-state index in [0.717, 1.165) is 26.1 Å². The predicted octanol–water partition coefficient (Wildman–Crippen LogP) is 3.30. The van der Waals surface area contributed by atoms with Crippen LogP contribution >= 0.6 is 27.3 Å². The molecule has 3 aromatic heterocycles. The largest absolute Gasteiger partial charge is 0.381 e. The first-order chi connectivity index (χ1) is 10.7. The molecule has 2 N–H and O–H groups in total. The van der Waals surface area contributed by atoms with E-state index in [-0.39, 0.29) is 5.91 Å². The molecule has 0 bridgehead atoms. The number of amides is 1. The van der Waals surface area contributed by atoms with Crippen LogP contribution in [0.15, 0.2) is 46.5 Å². The minimum atomic E-state index is -0.0431. The van der Waals surface area contributed by atoms with Crippen molar-refractivity contribution in [2.45, 2.75) is 0 Å². The lowest BCUT2D eigenvalue weighted by Crippen LogP contribution is -2.28. The Bertz CT molecular complexity index is 791. The Balaban J connectivity index is 1.59. The number of halogens is 1. The molecule has 0 aliphatic heterocycles. The van der Waals surface area contributed by atoms with Gasteiger partial charge in [-0.1, -0.05) is 6.07 Å². The fourth-order valence-corrected chi connectivity index (χ4v) is 2.98. The standard InChI is InChI=1S/C15H13BrN4OS/c16-10-8-12-14(20-9-10)11(3-4-17-12)18-5-6-19-15(21)13-2-1-7-22-13/h1-4,7-9H,5-6H2,(H,17,18)(H,19,21). The lowest BCUT2D eigenvalue weighted by atomic mass is 10.3. The minimum absolute atomic E-state index is 0.0431. The maximum absolute atomic E-state index is 11.8. The van der Waals surface area contributed by atoms with Crippen LogP contribution in [0.25, 0.3) is 11.0 Å². The van der Waals surface area contributed by atoms with Crippen LogP contribution in [0.5, 0.6) is 0 Å². The van der Waals surface area contributed by atoms with Gasteiger partial charge in [-0.3, -0.25) is 14.8 Å². The highest BCUT2D eigenvalue weighted by atomic mass is 79.9. The molecule has 112 valence electrons. The molecule has 3 heterocycles. The number of hydrogen-bond donors (Lipinski definition) is 2. The summed E-state index contributed by atoms with van der Waals surface area (Å²) in [5.41, 5.74) is 2.54. The molecule has 5 nitrogen and oxygen atoms in total. The van der Waals surface area contributed by atoms with Gasteiger partial charge in [0.15, 0.2) is 0 Å². The number of pyridine rings is 2. The average Bonchev–Trinajstić information content (AvgIpc) is 3.05. The smallest absolute Gasteiger partial charge is 0.261 e. The number of thiophene rings is 1. The molecule has 3 rings (SSSR count). The first-order valence-electron chi connectivity index (χ1n) is 6.70. The normalized spacial score (nSPS) is 10.6. The van der Waals surface area contributed by atoms with Crippen LogP contribution in [0.2, 0.25) is 0 Å². The maximum Gasteiger partial charge on any atom is 0.261 e. The fraction of sp³-hybridized carbons (Fsp3) is 0.133. The van der Waals surface area contributed by atoms with Crippen molar-refractivity contribution in [3.63, 3.8) is 0 Å². The molecule has 0 aliphatic carbocycles. The summed E-state index contributed by atoms with van der Waals surface area (Å²) in [6.45, 7) is 1.16. The van der Waals surface area contributed by atoms with Crippen molar-refractivity contribution >= 4 is 49.9 Å². The summed E-state index contributed by atoms with van der Waals surface area (Å²) in [4.78, 5) is 21.2. The van der Waals surface area contributed by atoms with Gasteiger partial charge in [0.2, 0.25) is 0 Å². The third-order valence-electron chi connectivity index (χ3n) is 3.02. The minimum Gasteiger partial charge on any atom is -0.381 e. The molecule has 0 radical (unpaired) electrons. The molecular formula is C15H13BrN4OS. The van der Waals surface area contributed by atoms with E-state index in [4.69, 9.17) is 0 Å². The number of carbonyl (C=O) groups excluding carboxylic acids is 1. The van der Waals surface area contributed by atoms with Gasteiger partial charge in [0.05, 0.1) is 16.1 Å². The highest BCUT2D eigenvalue weighted by molar-refractivity contribution is 9.10. The van der Waals surface area contributed by atoms with Crippen LogP contribution in [0, 0.1) is 0 Å². The molecule has 0 spiro atoms. The van der Waals surface area contributed by atoms with E-state index >= 15 is 0 Å². The molecule has 0 aromatic carbocycles. The van der Waals surface area contributed by atoms with Gasteiger partial charge < -0.3 is 10.6 Å². The monoisotopic (exact) mass is 376 g/mol. The summed E-state index contributed by atoms with van der Waals surface area (Å²) >= 11 is 4.82. The molecule has 0 saturated carbocycles. The molecule has 0 saturated heterocycles. The summed E-state index contributed by atoms with van der Waals surface area (Å²) in [6.07, 6.45) is 3.48. The summed E-state index contributed by atoms with van der Waals surface area (Å²) in [5, 5.41) is 8.05. The summed E-state index contributed by atoms with van der Waals surface area (Å²) in [6, 6.07) is 7.48. The number of nitrogens with one attached hydrogen (secondary N) is 2. The summed E-state index contributed by atoms with van der Waals surface area (Å²) in [5.74, 6) is -0.0431. The topological polar surface area (TPSA) is 66.9 Å². The zero-order valence-corrected chi connectivity index (χ0v) is 13.9. The lowest BCUT2D eigenvalue weighted by molar-refractivity contribution is 0.0959. The zero-order valence-electron chi connectivity index (χ0n) is 11.5.